The van der Waals surface area contributed by atoms with E-state index >= 15 is 0 Å². The summed E-state index contributed by atoms with van der Waals surface area (Å²) in [5, 5.41) is 14.2. The summed E-state index contributed by atoms with van der Waals surface area (Å²) in [4.78, 5) is 0. The number of benzene rings is 10. The van der Waals surface area contributed by atoms with E-state index in [1.54, 1.807) is 21.3 Å². The van der Waals surface area contributed by atoms with Crippen molar-refractivity contribution < 1.29 is 14.2 Å². The van der Waals surface area contributed by atoms with Crippen LogP contribution in [0.5, 0.6) is 17.2 Å². The average molecular weight is 1010 g/mol. The van der Waals surface area contributed by atoms with Crippen LogP contribution in [0.4, 0.5) is 0 Å². The summed E-state index contributed by atoms with van der Waals surface area (Å²) in [7, 11) is 4.99. The van der Waals surface area contributed by atoms with Gasteiger partial charge in [0.15, 0.2) is 0 Å². The van der Waals surface area contributed by atoms with E-state index in [1.807, 2.05) is 66.7 Å². The van der Waals surface area contributed by atoms with Crippen LogP contribution in [-0.2, 0) is 0 Å². The lowest BCUT2D eigenvalue weighted by atomic mass is 9.96. The Morgan fingerprint density at radius 1 is 0.422 bits per heavy atom. The standard InChI is InChI=1S/C19H13ClO.C19H15ClO.C12H10.C7H6ClIO/c1-21-17-11-10-16(20)15-9-8-13-7-6-12-4-2-3-5-14(12)18(13)19(15)17;1-21-18-10-11-19(20)17(13-18)9-7-14-6-8-15-4-2-3-5-16(15)12-14;1-2-10-7-8-11-5-3-4-6-12(11)9-10;1-10-5-2-3-6(8)7(9)4-5/h2-11H,1H3;2-13H,1H3;2-9H,1H2;2-4H,1H3/b;9-7+;;. The van der Waals surface area contributed by atoms with Gasteiger partial charge in [0.25, 0.3) is 0 Å². The van der Waals surface area contributed by atoms with Crippen molar-refractivity contribution >= 4 is 129 Å². The lowest BCUT2D eigenvalue weighted by Crippen LogP contribution is -1.88. The van der Waals surface area contributed by atoms with Gasteiger partial charge in [-0.3, -0.25) is 0 Å². The minimum absolute atomic E-state index is 0.716. The number of methoxy groups -OCH3 is 3. The van der Waals surface area contributed by atoms with Gasteiger partial charge in [-0.05, 0) is 138 Å². The van der Waals surface area contributed by atoms with Crippen LogP contribution in [0.1, 0.15) is 16.7 Å². The second-order valence-corrected chi connectivity index (χ2v) is 16.9. The predicted octanol–water partition coefficient (Wildman–Crippen LogP) is 17.9. The molecule has 0 saturated heterocycles. The van der Waals surface area contributed by atoms with Gasteiger partial charge in [-0.2, -0.15) is 0 Å². The Labute approximate surface area is 403 Å². The summed E-state index contributed by atoms with van der Waals surface area (Å²) in [5.41, 5.74) is 3.27. The second-order valence-electron chi connectivity index (χ2n) is 14.5. The molecule has 0 spiro atoms. The molecule has 0 radical (unpaired) electrons. The fraction of sp³-hybridized carbons (Fsp3) is 0.0526. The van der Waals surface area contributed by atoms with Gasteiger partial charge in [-0.25, -0.2) is 0 Å². The molecule has 0 N–H and O–H groups in total. The number of rotatable bonds is 6. The third-order valence-corrected chi connectivity index (χ3v) is 12.8. The van der Waals surface area contributed by atoms with E-state index in [9.17, 15) is 0 Å². The molecule has 318 valence electrons. The summed E-state index contributed by atoms with van der Waals surface area (Å²) in [6.45, 7) is 3.74. The minimum atomic E-state index is 0.716. The monoisotopic (exact) mass is 1010 g/mol. The molecule has 0 fully saturated rings. The molecule has 0 unspecified atom stereocenters. The van der Waals surface area contributed by atoms with Crippen LogP contribution in [-0.4, -0.2) is 21.3 Å². The summed E-state index contributed by atoms with van der Waals surface area (Å²) in [5.74, 6) is 2.50. The maximum Gasteiger partial charge on any atom is 0.127 e. The molecule has 10 rings (SSSR count). The molecule has 0 aliphatic heterocycles. The first-order valence-corrected chi connectivity index (χ1v) is 22.6. The summed E-state index contributed by atoms with van der Waals surface area (Å²) >= 11 is 20.5. The van der Waals surface area contributed by atoms with E-state index in [0.29, 0.717) is 5.02 Å². The Morgan fingerprint density at radius 2 is 0.953 bits per heavy atom. The maximum atomic E-state index is 6.38. The van der Waals surface area contributed by atoms with Crippen LogP contribution in [0.2, 0.25) is 15.1 Å². The van der Waals surface area contributed by atoms with Crippen LogP contribution in [0, 0.1) is 3.57 Å². The van der Waals surface area contributed by atoms with Crippen molar-refractivity contribution in [2.75, 3.05) is 21.3 Å². The van der Waals surface area contributed by atoms with Crippen molar-refractivity contribution in [3.8, 4) is 17.2 Å². The summed E-state index contributed by atoms with van der Waals surface area (Å²) in [6, 6.07) is 61.3. The van der Waals surface area contributed by atoms with Crippen molar-refractivity contribution in [3.05, 3.63) is 224 Å². The van der Waals surface area contributed by atoms with E-state index in [2.05, 4.69) is 163 Å². The van der Waals surface area contributed by atoms with Gasteiger partial charge in [-0.15, -0.1) is 0 Å². The molecule has 10 aromatic rings. The zero-order chi connectivity index (χ0) is 45.0. The highest BCUT2D eigenvalue weighted by molar-refractivity contribution is 14.1. The quantitative estimate of drug-likeness (QED) is 0.0944. The zero-order valence-electron chi connectivity index (χ0n) is 35.5. The smallest absolute Gasteiger partial charge is 0.127 e. The van der Waals surface area contributed by atoms with Crippen LogP contribution >= 0.6 is 57.4 Å². The van der Waals surface area contributed by atoms with E-state index < -0.39 is 0 Å². The van der Waals surface area contributed by atoms with Crippen LogP contribution in [0.15, 0.2) is 189 Å². The van der Waals surface area contributed by atoms with E-state index in [1.165, 1.54) is 48.7 Å². The molecule has 0 aliphatic carbocycles. The Hall–Kier alpha value is -6.02. The van der Waals surface area contributed by atoms with Crippen molar-refractivity contribution in [2.24, 2.45) is 0 Å². The molecular weight excluding hydrogens is 966 g/mol. The highest BCUT2D eigenvalue weighted by Crippen LogP contribution is 2.40. The topological polar surface area (TPSA) is 27.7 Å². The highest BCUT2D eigenvalue weighted by atomic mass is 127. The average Bonchev–Trinajstić information content (AvgIpc) is 3.34. The van der Waals surface area contributed by atoms with Gasteiger partial charge in [0, 0.05) is 29.8 Å². The number of hydrogen-bond acceptors (Lipinski definition) is 3. The SMILES string of the molecule is C=Cc1ccc2ccccc2c1.COc1ccc(Cl)c(/C=C/c2ccc3ccccc3c2)c1.COc1ccc(Cl)c(I)c1.COc1ccc(Cl)c2ccc3ccc4ccccc4c3c12. The van der Waals surface area contributed by atoms with Gasteiger partial charge >= 0.3 is 0 Å². The Morgan fingerprint density at radius 3 is 1.59 bits per heavy atom. The minimum Gasteiger partial charge on any atom is -0.497 e. The lowest BCUT2D eigenvalue weighted by molar-refractivity contribution is 0.414. The summed E-state index contributed by atoms with van der Waals surface area (Å²) < 4.78 is 16.8. The Bertz CT molecular complexity index is 3270. The molecule has 0 aromatic heterocycles. The molecule has 7 heteroatoms. The van der Waals surface area contributed by atoms with Gasteiger partial charge in [-0.1, -0.05) is 181 Å². The molecule has 0 amide bonds. The molecule has 0 saturated carbocycles. The molecule has 0 atom stereocenters. The number of hydrogen-bond donors (Lipinski definition) is 0. The van der Waals surface area contributed by atoms with Crippen molar-refractivity contribution in [3.63, 3.8) is 0 Å². The van der Waals surface area contributed by atoms with Crippen LogP contribution in [0.25, 0.3) is 72.1 Å². The number of ether oxygens (including phenoxy) is 3. The summed E-state index contributed by atoms with van der Waals surface area (Å²) in [6.07, 6.45) is 5.94. The van der Waals surface area contributed by atoms with Crippen molar-refractivity contribution in [2.45, 2.75) is 0 Å². The Kier molecular flexibility index (Phi) is 15.8. The van der Waals surface area contributed by atoms with E-state index in [0.717, 1.165) is 52.8 Å². The third-order valence-electron chi connectivity index (χ3n) is 10.6. The molecule has 3 nitrogen and oxygen atoms in total. The third kappa shape index (κ3) is 11.2. The van der Waals surface area contributed by atoms with Crippen LogP contribution < -0.4 is 14.2 Å². The van der Waals surface area contributed by atoms with Crippen LogP contribution in [0.3, 0.4) is 0 Å². The molecule has 0 bridgehead atoms. The second kappa shape index (κ2) is 22.1. The molecule has 10 aromatic carbocycles. The van der Waals surface area contributed by atoms with Gasteiger partial charge < -0.3 is 14.2 Å². The van der Waals surface area contributed by atoms with Gasteiger partial charge in [0.1, 0.15) is 17.2 Å². The van der Waals surface area contributed by atoms with Crippen molar-refractivity contribution in [1.29, 1.82) is 0 Å². The number of fused-ring (bicyclic) bond motifs is 7. The zero-order valence-corrected chi connectivity index (χ0v) is 39.9. The highest BCUT2D eigenvalue weighted by Gasteiger charge is 2.12. The molecule has 0 aliphatic rings. The van der Waals surface area contributed by atoms with E-state index in [4.69, 9.17) is 49.0 Å². The fourth-order valence-corrected chi connectivity index (χ4v) is 8.26. The fourth-order valence-electron chi connectivity index (χ4n) is 7.26. The predicted molar refractivity (Wildman–Crippen MR) is 286 cm³/mol. The first kappa shape index (κ1) is 46.0. The largest absolute Gasteiger partial charge is 0.497 e. The maximum absolute atomic E-state index is 6.38. The van der Waals surface area contributed by atoms with E-state index in [-0.39, 0.29) is 0 Å². The first-order valence-electron chi connectivity index (χ1n) is 20.4. The molecular formula is C57H44Cl3IO3. The number of halogens is 4. The Balaban J connectivity index is 0.000000134. The van der Waals surface area contributed by atoms with Crippen molar-refractivity contribution in [1.82, 2.24) is 0 Å². The normalized spacial score (nSPS) is 10.7. The van der Waals surface area contributed by atoms with Gasteiger partial charge in [0.05, 0.1) is 26.4 Å². The molecule has 64 heavy (non-hydrogen) atoms. The molecule has 0 heterocycles. The van der Waals surface area contributed by atoms with Gasteiger partial charge in [0.2, 0.25) is 0 Å². The first-order chi connectivity index (χ1) is 31.2. The lowest BCUT2D eigenvalue weighted by Gasteiger charge is -2.12.